The number of aromatic nitrogens is 1. The molecule has 0 radical (unpaired) electrons. The van der Waals surface area contributed by atoms with Crippen LogP contribution in [0.5, 0.6) is 0 Å². The highest BCUT2D eigenvalue weighted by Gasteiger charge is 2.15. The van der Waals surface area contributed by atoms with Gasteiger partial charge in [0, 0.05) is 34.9 Å². The van der Waals surface area contributed by atoms with E-state index in [0.717, 1.165) is 22.6 Å². The number of nitrogens with zero attached hydrogens (tertiary/aromatic N) is 2. The lowest BCUT2D eigenvalue weighted by Gasteiger charge is -2.17. The van der Waals surface area contributed by atoms with Crippen LogP contribution in [0.1, 0.15) is 59.4 Å². The zero-order valence-electron chi connectivity index (χ0n) is 14.6. The highest BCUT2D eigenvalue weighted by molar-refractivity contribution is 6.33. The van der Waals surface area contributed by atoms with E-state index in [1.807, 2.05) is 20.1 Å². The van der Waals surface area contributed by atoms with Gasteiger partial charge in [0.1, 0.15) is 0 Å². The van der Waals surface area contributed by atoms with Crippen molar-refractivity contribution in [2.24, 2.45) is 4.99 Å². The molecule has 0 unspecified atom stereocenters. The second-order valence-electron chi connectivity index (χ2n) is 6.70. The van der Waals surface area contributed by atoms with Gasteiger partial charge in [-0.15, -0.1) is 0 Å². The zero-order chi connectivity index (χ0) is 18.0. The molecule has 1 saturated carbocycles. The first-order chi connectivity index (χ1) is 12.0. The van der Waals surface area contributed by atoms with E-state index in [4.69, 9.17) is 21.7 Å². The second-order valence-corrected chi connectivity index (χ2v) is 7.11. The van der Waals surface area contributed by atoms with E-state index in [9.17, 15) is 4.79 Å². The van der Waals surface area contributed by atoms with Gasteiger partial charge in [0.05, 0.1) is 10.6 Å². The van der Waals surface area contributed by atoms with Crippen LogP contribution in [0.3, 0.4) is 0 Å². The van der Waals surface area contributed by atoms with Crippen molar-refractivity contribution in [1.29, 1.82) is 0 Å². The molecule has 4 nitrogen and oxygen atoms in total. The summed E-state index contributed by atoms with van der Waals surface area (Å²) in [6.45, 7) is 4.08. The van der Waals surface area contributed by atoms with Gasteiger partial charge in [0.25, 0.3) is 0 Å². The number of halogens is 1. The Bertz CT molecular complexity index is 817. The molecule has 25 heavy (non-hydrogen) atoms. The minimum atomic E-state index is -1.02. The molecule has 1 aromatic carbocycles. The fourth-order valence-electron chi connectivity index (χ4n) is 3.55. The Morgan fingerprint density at radius 1 is 1.24 bits per heavy atom. The molecule has 0 bridgehead atoms. The van der Waals surface area contributed by atoms with E-state index in [1.165, 1.54) is 32.1 Å². The first kappa shape index (κ1) is 17.7. The van der Waals surface area contributed by atoms with Gasteiger partial charge in [-0.3, -0.25) is 4.99 Å². The third-order valence-electron chi connectivity index (χ3n) is 4.91. The Labute approximate surface area is 153 Å². The highest BCUT2D eigenvalue weighted by atomic mass is 35.5. The monoisotopic (exact) mass is 358 g/mol. The molecule has 0 saturated heterocycles. The molecule has 132 valence electrons. The van der Waals surface area contributed by atoms with E-state index in [1.54, 1.807) is 18.2 Å². The van der Waals surface area contributed by atoms with Crippen LogP contribution in [0.2, 0.25) is 5.02 Å². The van der Waals surface area contributed by atoms with Gasteiger partial charge in [-0.2, -0.15) is 0 Å². The Kier molecular flexibility index (Phi) is 5.28. The molecule has 3 rings (SSSR count). The summed E-state index contributed by atoms with van der Waals surface area (Å²) in [5.41, 5.74) is 4.23. The molecule has 1 heterocycles. The minimum absolute atomic E-state index is 0.118. The Hall–Kier alpha value is -2.07. The lowest BCUT2D eigenvalue weighted by molar-refractivity contribution is 0.0697. The van der Waals surface area contributed by atoms with Crippen molar-refractivity contribution in [2.75, 3.05) is 0 Å². The fraction of sp³-hybridized carbons (Fsp3) is 0.400. The van der Waals surface area contributed by atoms with Crippen molar-refractivity contribution in [1.82, 2.24) is 4.57 Å². The number of aliphatic imine (C=N–C) groups is 1. The molecule has 1 aliphatic rings. The molecule has 5 heteroatoms. The Balaban J connectivity index is 1.90. The van der Waals surface area contributed by atoms with Gasteiger partial charge < -0.3 is 9.67 Å². The number of hydrogen-bond acceptors (Lipinski definition) is 2. The normalized spacial score (nSPS) is 15.8. The largest absolute Gasteiger partial charge is 0.478 e. The summed E-state index contributed by atoms with van der Waals surface area (Å²) in [4.78, 5) is 15.9. The summed E-state index contributed by atoms with van der Waals surface area (Å²) in [7, 11) is 0. The highest BCUT2D eigenvalue weighted by Crippen LogP contribution is 2.25. The Morgan fingerprint density at radius 2 is 1.96 bits per heavy atom. The number of carboxylic acids is 1. The summed E-state index contributed by atoms with van der Waals surface area (Å²) in [5, 5.41) is 9.37. The van der Waals surface area contributed by atoms with Crippen LogP contribution in [0.15, 0.2) is 29.3 Å². The molecular weight excluding hydrogens is 336 g/mol. The maximum atomic E-state index is 11.1. The topological polar surface area (TPSA) is 54.6 Å². The van der Waals surface area contributed by atoms with Crippen LogP contribution in [0.25, 0.3) is 5.69 Å². The number of aryl methyl sites for hydroxylation is 1. The third-order valence-corrected chi connectivity index (χ3v) is 5.22. The number of aromatic carboxylic acids is 1. The molecule has 0 amide bonds. The number of carbonyl (C=O) groups is 1. The number of rotatable bonds is 4. The zero-order valence-corrected chi connectivity index (χ0v) is 15.4. The average Bonchev–Trinajstić information content (AvgIpc) is 2.87. The lowest BCUT2D eigenvalue weighted by Crippen LogP contribution is -2.09. The number of benzene rings is 1. The van der Waals surface area contributed by atoms with Gasteiger partial charge in [0.15, 0.2) is 0 Å². The maximum absolute atomic E-state index is 11.1. The summed E-state index contributed by atoms with van der Waals surface area (Å²) >= 11 is 6.13. The van der Waals surface area contributed by atoms with E-state index in [-0.39, 0.29) is 10.6 Å². The average molecular weight is 359 g/mol. The third kappa shape index (κ3) is 3.79. The number of hydrogen-bond donors (Lipinski definition) is 1. The predicted molar refractivity (Wildman–Crippen MR) is 102 cm³/mol. The summed E-state index contributed by atoms with van der Waals surface area (Å²) in [6.07, 6.45) is 8.23. The van der Waals surface area contributed by atoms with Gasteiger partial charge in [-0.25, -0.2) is 4.79 Å². The van der Waals surface area contributed by atoms with Crippen LogP contribution in [0.4, 0.5) is 0 Å². The van der Waals surface area contributed by atoms with Gasteiger partial charge >= 0.3 is 5.97 Å². The molecular formula is C20H23ClN2O2. The van der Waals surface area contributed by atoms with Crippen molar-refractivity contribution in [3.05, 3.63) is 51.8 Å². The van der Waals surface area contributed by atoms with Crippen LogP contribution in [-0.4, -0.2) is 27.9 Å². The first-order valence-electron chi connectivity index (χ1n) is 8.72. The lowest BCUT2D eigenvalue weighted by atomic mass is 9.96. The van der Waals surface area contributed by atoms with E-state index in [2.05, 4.69) is 10.6 Å². The number of carboxylic acid groups (broad SMARTS) is 1. The first-order valence-corrected chi connectivity index (χ1v) is 9.10. The fourth-order valence-corrected chi connectivity index (χ4v) is 3.80. The van der Waals surface area contributed by atoms with E-state index < -0.39 is 5.97 Å². The molecule has 1 N–H and O–H groups in total. The summed E-state index contributed by atoms with van der Waals surface area (Å²) in [6, 6.07) is 7.60. The Morgan fingerprint density at radius 3 is 2.60 bits per heavy atom. The molecule has 0 spiro atoms. The van der Waals surface area contributed by atoms with Crippen LogP contribution in [0, 0.1) is 13.8 Å². The van der Waals surface area contributed by atoms with Crippen LogP contribution >= 0.6 is 11.6 Å². The molecule has 2 aromatic rings. The van der Waals surface area contributed by atoms with E-state index >= 15 is 0 Å². The van der Waals surface area contributed by atoms with Crippen molar-refractivity contribution in [2.45, 2.75) is 52.0 Å². The molecule has 0 aliphatic heterocycles. The van der Waals surface area contributed by atoms with Crippen molar-refractivity contribution >= 4 is 23.8 Å². The SMILES string of the molecule is Cc1cc(C=NC2CCCCC2)c(C)n1-c1ccc(C(=O)O)c(Cl)c1. The summed E-state index contributed by atoms with van der Waals surface area (Å²) in [5.74, 6) is -1.02. The van der Waals surface area contributed by atoms with Crippen molar-refractivity contribution in [3.63, 3.8) is 0 Å². The molecule has 1 aromatic heterocycles. The van der Waals surface area contributed by atoms with Gasteiger partial charge in [-0.1, -0.05) is 30.9 Å². The second kappa shape index (κ2) is 7.44. The van der Waals surface area contributed by atoms with Crippen LogP contribution < -0.4 is 0 Å². The van der Waals surface area contributed by atoms with E-state index in [0.29, 0.717) is 6.04 Å². The standard InChI is InChI=1S/C20H23ClN2O2/c1-13-10-15(12-22-16-6-4-3-5-7-16)14(2)23(13)17-8-9-18(20(24)25)19(21)11-17/h8-12,16H,3-7H2,1-2H3,(H,24,25). The minimum Gasteiger partial charge on any atom is -0.478 e. The van der Waals surface area contributed by atoms with Crippen molar-refractivity contribution in [3.8, 4) is 5.69 Å². The summed E-state index contributed by atoms with van der Waals surface area (Å²) < 4.78 is 2.08. The van der Waals surface area contributed by atoms with Crippen molar-refractivity contribution < 1.29 is 9.90 Å². The molecule has 1 aliphatic carbocycles. The quantitative estimate of drug-likeness (QED) is 0.764. The maximum Gasteiger partial charge on any atom is 0.337 e. The van der Waals surface area contributed by atoms with Crippen LogP contribution in [-0.2, 0) is 0 Å². The predicted octanol–water partition coefficient (Wildman–Crippen LogP) is 5.20. The molecule has 1 fully saturated rings. The van der Waals surface area contributed by atoms with Gasteiger partial charge in [0.2, 0.25) is 0 Å². The van der Waals surface area contributed by atoms with Gasteiger partial charge in [-0.05, 0) is 51.0 Å². The smallest absolute Gasteiger partial charge is 0.337 e. The molecule has 0 atom stereocenters.